The number of halogens is 2. The fraction of sp³-hybridized carbons (Fsp3) is 0.167. The van der Waals surface area contributed by atoms with E-state index in [-0.39, 0.29) is 11.4 Å². The van der Waals surface area contributed by atoms with Gasteiger partial charge in [0.05, 0.1) is 10.8 Å². The molecule has 0 N–H and O–H groups in total. The summed E-state index contributed by atoms with van der Waals surface area (Å²) in [6.45, 7) is 3.35. The molecule has 2 aliphatic rings. The van der Waals surface area contributed by atoms with Crippen molar-refractivity contribution in [1.82, 2.24) is 13.9 Å². The lowest BCUT2D eigenvalue weighted by Gasteiger charge is -2.33. The zero-order valence-electron chi connectivity index (χ0n) is 21.6. The van der Waals surface area contributed by atoms with Gasteiger partial charge in [0.15, 0.2) is 11.1 Å². The van der Waals surface area contributed by atoms with Crippen molar-refractivity contribution in [3.05, 3.63) is 123 Å². The first-order chi connectivity index (χ1) is 18.3. The van der Waals surface area contributed by atoms with Gasteiger partial charge in [-0.1, -0.05) is 43.3 Å². The molecule has 38 heavy (non-hydrogen) atoms. The highest BCUT2D eigenvalue weighted by atomic mass is 19.2. The lowest BCUT2D eigenvalue weighted by Crippen LogP contribution is -2.57. The number of aromatic nitrogens is 2. The Hall–Kier alpha value is -4.33. The number of benzene rings is 2. The maximum absolute atomic E-state index is 16.7. The van der Waals surface area contributed by atoms with Crippen LogP contribution in [0.25, 0.3) is 11.1 Å². The van der Waals surface area contributed by atoms with Crippen molar-refractivity contribution in [3.8, 4) is 5.75 Å². The zero-order chi connectivity index (χ0) is 26.8. The number of rotatable bonds is 4. The van der Waals surface area contributed by atoms with Crippen LogP contribution in [0.1, 0.15) is 52.4 Å². The summed E-state index contributed by atoms with van der Waals surface area (Å²) in [7, 11) is 0. The second kappa shape index (κ2) is 8.62. The fourth-order valence-electron chi connectivity index (χ4n) is 6.02. The van der Waals surface area contributed by atoms with E-state index in [0.717, 1.165) is 32.3 Å². The first-order valence-electron chi connectivity index (χ1n) is 12.7. The molecule has 0 unspecified atom stereocenters. The Balaban J connectivity index is 1.66. The van der Waals surface area contributed by atoms with Crippen LogP contribution in [0.5, 0.6) is 5.75 Å². The zero-order valence-corrected chi connectivity index (χ0v) is 21.6. The number of allylic oxidation sites excluding steroid dienone is 1. The normalized spacial score (nSPS) is 15.3. The summed E-state index contributed by atoms with van der Waals surface area (Å²) in [5.41, 5.74) is 5.99. The van der Waals surface area contributed by atoms with Crippen molar-refractivity contribution in [2.24, 2.45) is 0 Å². The molecule has 5 nitrogen and oxygen atoms in total. The Morgan fingerprint density at radius 3 is 2.45 bits per heavy atom. The van der Waals surface area contributed by atoms with Crippen LogP contribution in [-0.4, -0.2) is 22.4 Å². The lowest BCUT2D eigenvalue weighted by molar-refractivity contribution is 0.0728. The van der Waals surface area contributed by atoms with Crippen molar-refractivity contribution in [1.29, 1.82) is 0 Å². The second-order valence-corrected chi connectivity index (χ2v) is 9.72. The molecule has 2 aliphatic heterocycles. The maximum atomic E-state index is 16.7. The largest absolute Gasteiger partial charge is 0.737 e. The van der Waals surface area contributed by atoms with Gasteiger partial charge >= 0.3 is 12.9 Å². The van der Waals surface area contributed by atoms with Crippen molar-refractivity contribution < 1.29 is 18.2 Å². The minimum absolute atomic E-state index is 0.144. The molecule has 0 aliphatic carbocycles. The Morgan fingerprint density at radius 2 is 1.76 bits per heavy atom. The molecule has 4 heterocycles. The summed E-state index contributed by atoms with van der Waals surface area (Å²) in [5.74, 6) is -0.463. The van der Waals surface area contributed by atoms with E-state index in [1.54, 1.807) is 37.3 Å². The van der Waals surface area contributed by atoms with Crippen LogP contribution in [-0.2, 0) is 6.42 Å². The molecule has 0 amide bonds. The van der Waals surface area contributed by atoms with Crippen LogP contribution in [0, 0.1) is 13.8 Å². The van der Waals surface area contributed by atoms with Gasteiger partial charge in [0.25, 0.3) is 0 Å². The summed E-state index contributed by atoms with van der Waals surface area (Å²) in [6.07, 6.45) is 2.16. The molecule has 0 saturated carbocycles. The standard InChI is InChI=1S/C30H26BF2N3O2/c1-5-23-18(2)28-27(21-11-7-6-8-12-21)29-19(3)24-15-14-22(38-30(37)25-13-9-10-16-34-25)17-26(24)36(29)31(32,33)35(28)20(23)4/h6-17H,5H2,1-4H3. The van der Waals surface area contributed by atoms with E-state index in [9.17, 15) is 4.79 Å². The SMILES string of the molecule is CCc1c(C)c2n(c1C)[B-](F)(F)[N+]1=c3cc(OC(=O)c4ccccn4)ccc3=C(C)C1=C2c1ccccc1. The van der Waals surface area contributed by atoms with Crippen molar-refractivity contribution in [2.45, 2.75) is 34.1 Å². The molecule has 190 valence electrons. The number of ether oxygens (including phenoxy) is 1. The Kier molecular flexibility index (Phi) is 5.45. The Morgan fingerprint density at radius 1 is 1.03 bits per heavy atom. The molecule has 0 radical (unpaired) electrons. The van der Waals surface area contributed by atoms with E-state index in [0.29, 0.717) is 34.1 Å². The summed E-state index contributed by atoms with van der Waals surface area (Å²) in [5, 5.41) is 1.00. The summed E-state index contributed by atoms with van der Waals surface area (Å²) < 4.78 is 41.4. The molecule has 8 heteroatoms. The predicted octanol–water partition coefficient (Wildman–Crippen LogP) is 4.65. The van der Waals surface area contributed by atoms with E-state index in [2.05, 4.69) is 4.98 Å². The number of fused-ring (bicyclic) bond motifs is 3. The summed E-state index contributed by atoms with van der Waals surface area (Å²) in [4.78, 5) is 16.7. The minimum atomic E-state index is -4.24. The van der Waals surface area contributed by atoms with Crippen LogP contribution in [0.15, 0.2) is 78.6 Å². The van der Waals surface area contributed by atoms with Gasteiger partial charge in [-0.2, -0.15) is 0 Å². The van der Waals surface area contributed by atoms with Gasteiger partial charge in [-0.25, -0.2) is 9.78 Å². The average molecular weight is 509 g/mol. The number of nitrogens with zero attached hydrogens (tertiary/aromatic N) is 3. The highest BCUT2D eigenvalue weighted by Crippen LogP contribution is 2.43. The molecule has 0 spiro atoms. The third-order valence-electron chi connectivity index (χ3n) is 7.67. The van der Waals surface area contributed by atoms with Gasteiger partial charge in [0.2, 0.25) is 0 Å². The van der Waals surface area contributed by atoms with Gasteiger partial charge < -0.3 is 22.3 Å². The molecule has 2 aromatic carbocycles. The molecule has 0 saturated heterocycles. The van der Waals surface area contributed by atoms with Crippen molar-refractivity contribution in [3.63, 3.8) is 0 Å². The maximum Gasteiger partial charge on any atom is 0.737 e. The third kappa shape index (κ3) is 3.33. The molecular weight excluding hydrogens is 483 g/mol. The number of pyridine rings is 1. The molecule has 0 atom stereocenters. The van der Waals surface area contributed by atoms with Gasteiger partial charge in [-0.05, 0) is 73.8 Å². The Bertz CT molecular complexity index is 1790. The third-order valence-corrected chi connectivity index (χ3v) is 7.67. The number of hydrogen-bond acceptors (Lipinski definition) is 3. The monoisotopic (exact) mass is 509 g/mol. The van der Waals surface area contributed by atoms with Gasteiger partial charge in [-0.3, -0.25) is 0 Å². The number of carbonyl (C=O) groups excluding carboxylic acids is 1. The van der Waals surface area contributed by atoms with E-state index >= 15 is 8.63 Å². The smallest absolute Gasteiger partial charge is 0.422 e. The average Bonchev–Trinajstić information content (AvgIpc) is 3.36. The van der Waals surface area contributed by atoms with Gasteiger partial charge in [-0.15, -0.1) is 0 Å². The molecule has 4 aromatic rings. The molecule has 2 aromatic heterocycles. The minimum Gasteiger partial charge on any atom is -0.422 e. The van der Waals surface area contributed by atoms with Crippen LogP contribution in [0.3, 0.4) is 0 Å². The number of carbonyl (C=O) groups is 1. The van der Waals surface area contributed by atoms with E-state index < -0.39 is 12.9 Å². The van der Waals surface area contributed by atoms with E-state index in [1.165, 1.54) is 16.7 Å². The van der Waals surface area contributed by atoms with E-state index in [4.69, 9.17) is 4.74 Å². The van der Waals surface area contributed by atoms with Crippen LogP contribution >= 0.6 is 0 Å². The Labute approximate surface area is 219 Å². The van der Waals surface area contributed by atoms with Crippen LogP contribution in [0.4, 0.5) is 8.63 Å². The first kappa shape index (κ1) is 24.0. The summed E-state index contributed by atoms with van der Waals surface area (Å²) >= 11 is 0. The molecular formula is C30H26BF2N3O2. The quantitative estimate of drug-likeness (QED) is 0.229. The highest BCUT2D eigenvalue weighted by Gasteiger charge is 2.55. The highest BCUT2D eigenvalue weighted by molar-refractivity contribution is 6.64. The molecule has 0 fully saturated rings. The first-order valence-corrected chi connectivity index (χ1v) is 12.7. The second-order valence-electron chi connectivity index (χ2n) is 9.72. The topological polar surface area (TPSA) is 47.1 Å². The van der Waals surface area contributed by atoms with Gasteiger partial charge in [0, 0.05) is 23.5 Å². The van der Waals surface area contributed by atoms with Crippen LogP contribution < -0.4 is 19.8 Å². The lowest BCUT2D eigenvalue weighted by atomic mass is 9.83. The fourth-order valence-corrected chi connectivity index (χ4v) is 6.02. The van der Waals surface area contributed by atoms with Crippen molar-refractivity contribution in [2.75, 3.05) is 0 Å². The predicted molar refractivity (Wildman–Crippen MR) is 144 cm³/mol. The molecule has 6 rings (SSSR count). The van der Waals surface area contributed by atoms with Crippen molar-refractivity contribution >= 4 is 24.1 Å². The molecule has 0 bridgehead atoms. The van der Waals surface area contributed by atoms with E-state index in [1.807, 2.05) is 51.1 Å². The summed E-state index contributed by atoms with van der Waals surface area (Å²) in [6, 6.07) is 19.6. The number of esters is 1. The number of hydrogen-bond donors (Lipinski definition) is 0. The van der Waals surface area contributed by atoms with Crippen LogP contribution in [0.2, 0.25) is 0 Å². The van der Waals surface area contributed by atoms with Gasteiger partial charge in [0.1, 0.15) is 11.4 Å².